The second-order valence-corrected chi connectivity index (χ2v) is 8.98. The molecule has 0 aromatic heterocycles. The van der Waals surface area contributed by atoms with E-state index in [1.54, 1.807) is 18.2 Å². The maximum absolute atomic E-state index is 13.9. The average Bonchev–Trinajstić information content (AvgIpc) is 2.71. The van der Waals surface area contributed by atoms with E-state index in [9.17, 15) is 13.6 Å². The molecule has 1 saturated carbocycles. The first-order chi connectivity index (χ1) is 13.1. The first kappa shape index (κ1) is 19.3. The van der Waals surface area contributed by atoms with Crippen LogP contribution < -0.4 is 5.32 Å². The van der Waals surface area contributed by atoms with Crippen molar-refractivity contribution in [2.75, 3.05) is 5.32 Å². The maximum Gasteiger partial charge on any atom is 0.161 e. The Hall–Kier alpha value is -1.98. The molecule has 0 amide bonds. The summed E-state index contributed by atoms with van der Waals surface area (Å²) in [4.78, 5) is 17.7. The number of nitrogens with one attached hydrogen (secondary N) is 1. The second kappa shape index (κ2) is 6.82. The normalized spacial score (nSPS) is 23.2. The van der Waals surface area contributed by atoms with Gasteiger partial charge in [0.1, 0.15) is 5.78 Å². The van der Waals surface area contributed by atoms with Crippen molar-refractivity contribution in [2.45, 2.75) is 32.7 Å². The van der Waals surface area contributed by atoms with Crippen LogP contribution in [0.2, 0.25) is 10.0 Å². The summed E-state index contributed by atoms with van der Waals surface area (Å²) >= 11 is 12.4. The summed E-state index contributed by atoms with van der Waals surface area (Å²) in [5, 5.41) is 4.06. The van der Waals surface area contributed by atoms with Gasteiger partial charge >= 0.3 is 0 Å². The predicted octanol–water partition coefficient (Wildman–Crippen LogP) is 6.52. The molecule has 146 valence electrons. The Bertz CT molecular complexity index is 1020. The highest BCUT2D eigenvalue weighted by Crippen LogP contribution is 2.46. The fourth-order valence-electron chi connectivity index (χ4n) is 4.08. The molecule has 1 fully saturated rings. The van der Waals surface area contributed by atoms with Gasteiger partial charge in [0.25, 0.3) is 0 Å². The van der Waals surface area contributed by atoms with Crippen LogP contribution in [-0.2, 0) is 4.79 Å². The van der Waals surface area contributed by atoms with Gasteiger partial charge in [0.15, 0.2) is 11.6 Å². The summed E-state index contributed by atoms with van der Waals surface area (Å²) in [6.45, 7) is 4.00. The Balaban J connectivity index is 1.92. The molecule has 7 heteroatoms. The van der Waals surface area contributed by atoms with Crippen LogP contribution in [0.5, 0.6) is 0 Å². The number of aliphatic imine (C=N–C) groups is 1. The first-order valence-electron chi connectivity index (χ1n) is 8.95. The number of hydrogen-bond acceptors (Lipinski definition) is 3. The zero-order chi connectivity index (χ0) is 20.2. The Morgan fingerprint density at radius 2 is 1.82 bits per heavy atom. The van der Waals surface area contributed by atoms with Crippen LogP contribution in [0.3, 0.4) is 0 Å². The van der Waals surface area contributed by atoms with Crippen molar-refractivity contribution in [1.82, 2.24) is 0 Å². The lowest BCUT2D eigenvalue weighted by Crippen LogP contribution is -2.42. The second-order valence-electron chi connectivity index (χ2n) is 8.14. The van der Waals surface area contributed by atoms with Gasteiger partial charge in [-0.15, -0.1) is 0 Å². The number of fused-ring (bicyclic) bond motifs is 2. The lowest BCUT2D eigenvalue weighted by molar-refractivity contribution is -0.124. The third-order valence-electron chi connectivity index (χ3n) is 5.26. The van der Waals surface area contributed by atoms with Crippen molar-refractivity contribution in [3.8, 4) is 0 Å². The van der Waals surface area contributed by atoms with E-state index in [1.807, 2.05) is 13.8 Å². The molecule has 1 N–H and O–H groups in total. The number of carbonyl (C=O) groups is 1. The number of nitrogens with zero attached hydrogens (tertiary/aromatic N) is 1. The van der Waals surface area contributed by atoms with E-state index < -0.39 is 23.6 Å². The van der Waals surface area contributed by atoms with Crippen molar-refractivity contribution in [3.63, 3.8) is 0 Å². The van der Waals surface area contributed by atoms with Gasteiger partial charge in [-0.1, -0.05) is 43.1 Å². The van der Waals surface area contributed by atoms with Crippen LogP contribution in [0.15, 0.2) is 35.3 Å². The number of halogens is 4. The minimum atomic E-state index is -0.982. The van der Waals surface area contributed by atoms with E-state index in [-0.39, 0.29) is 16.9 Å². The van der Waals surface area contributed by atoms with E-state index in [4.69, 9.17) is 23.2 Å². The Kier molecular flexibility index (Phi) is 4.71. The van der Waals surface area contributed by atoms with E-state index in [2.05, 4.69) is 10.3 Å². The Morgan fingerprint density at radius 1 is 1.11 bits per heavy atom. The molecular formula is C21H18Cl2F2N2O. The van der Waals surface area contributed by atoms with Crippen LogP contribution in [0, 0.1) is 23.0 Å². The Labute approximate surface area is 171 Å². The van der Waals surface area contributed by atoms with Gasteiger partial charge in [0.05, 0.1) is 23.3 Å². The number of rotatable bonds is 1. The molecule has 2 aromatic rings. The summed E-state index contributed by atoms with van der Waals surface area (Å²) in [5.74, 6) is -2.52. The van der Waals surface area contributed by atoms with Crippen LogP contribution in [0.1, 0.15) is 38.3 Å². The van der Waals surface area contributed by atoms with Crippen molar-refractivity contribution in [2.24, 2.45) is 16.3 Å². The predicted molar refractivity (Wildman–Crippen MR) is 108 cm³/mol. The molecule has 1 heterocycles. The lowest BCUT2D eigenvalue weighted by atomic mass is 9.68. The molecule has 0 saturated heterocycles. The number of carbonyl (C=O) groups excluding carboxylic acids is 1. The van der Waals surface area contributed by atoms with Gasteiger partial charge in [0.2, 0.25) is 0 Å². The fourth-order valence-corrected chi connectivity index (χ4v) is 4.60. The molecule has 2 aliphatic rings. The molecule has 28 heavy (non-hydrogen) atoms. The van der Waals surface area contributed by atoms with Crippen LogP contribution in [0.25, 0.3) is 0 Å². The standard InChI is InChI=1S/C21H18Cl2F2N2O/c1-21(2)8-17-19(18(28)9-21)20(11-4-3-10(22)5-12(11)23)27-16-7-14(25)13(24)6-15(16)26-17/h3-7,19-20,27H,8-9H2,1-2H3. The highest BCUT2D eigenvalue weighted by Gasteiger charge is 2.44. The molecular weight excluding hydrogens is 405 g/mol. The molecule has 2 unspecified atom stereocenters. The molecule has 2 atom stereocenters. The van der Waals surface area contributed by atoms with E-state index >= 15 is 0 Å². The number of ketones is 1. The van der Waals surface area contributed by atoms with E-state index in [1.165, 1.54) is 0 Å². The summed E-state index contributed by atoms with van der Waals surface area (Å²) in [6.07, 6.45) is 0.963. The average molecular weight is 423 g/mol. The first-order valence-corrected chi connectivity index (χ1v) is 9.71. The quantitative estimate of drug-likeness (QED) is 0.568. The van der Waals surface area contributed by atoms with Gasteiger partial charge in [-0.2, -0.15) is 0 Å². The zero-order valence-corrected chi connectivity index (χ0v) is 16.8. The van der Waals surface area contributed by atoms with Crippen LogP contribution >= 0.6 is 23.2 Å². The van der Waals surface area contributed by atoms with Gasteiger partial charge in [-0.3, -0.25) is 9.79 Å². The summed E-state index contributed by atoms with van der Waals surface area (Å²) in [6, 6.07) is 6.61. The smallest absolute Gasteiger partial charge is 0.161 e. The van der Waals surface area contributed by atoms with E-state index in [0.717, 1.165) is 12.1 Å². The highest BCUT2D eigenvalue weighted by atomic mass is 35.5. The molecule has 3 nitrogen and oxygen atoms in total. The molecule has 2 aromatic carbocycles. The van der Waals surface area contributed by atoms with Gasteiger partial charge < -0.3 is 5.32 Å². The fraction of sp³-hybridized carbons (Fsp3) is 0.333. The third kappa shape index (κ3) is 3.42. The van der Waals surface area contributed by atoms with Crippen molar-refractivity contribution >= 4 is 46.1 Å². The topological polar surface area (TPSA) is 41.5 Å². The van der Waals surface area contributed by atoms with Gasteiger partial charge in [-0.25, -0.2) is 8.78 Å². The number of Topliss-reactive ketones (excluding diaryl/α,β-unsaturated/α-hetero) is 1. The van der Waals surface area contributed by atoms with Gasteiger partial charge in [0, 0.05) is 34.3 Å². The minimum absolute atomic E-state index is 0.0206. The lowest BCUT2D eigenvalue weighted by Gasteiger charge is -2.37. The highest BCUT2D eigenvalue weighted by molar-refractivity contribution is 6.35. The molecule has 0 radical (unpaired) electrons. The zero-order valence-electron chi connectivity index (χ0n) is 15.3. The SMILES string of the molecule is CC1(C)CC(=O)C2C(=Nc3cc(F)c(F)cc3NC2c2ccc(Cl)cc2Cl)C1. The van der Waals surface area contributed by atoms with Crippen molar-refractivity contribution in [3.05, 3.63) is 57.6 Å². The van der Waals surface area contributed by atoms with Crippen LogP contribution in [0.4, 0.5) is 20.2 Å². The maximum atomic E-state index is 13.9. The largest absolute Gasteiger partial charge is 0.375 e. The number of anilines is 1. The Morgan fingerprint density at radius 3 is 2.54 bits per heavy atom. The van der Waals surface area contributed by atoms with E-state index in [0.29, 0.717) is 39.8 Å². The monoisotopic (exact) mass is 422 g/mol. The van der Waals surface area contributed by atoms with Crippen molar-refractivity contribution in [1.29, 1.82) is 0 Å². The summed E-state index contributed by atoms with van der Waals surface area (Å²) in [5.41, 5.74) is 1.65. The molecule has 1 aliphatic heterocycles. The molecule has 1 aliphatic carbocycles. The van der Waals surface area contributed by atoms with Crippen LogP contribution in [-0.4, -0.2) is 11.5 Å². The summed E-state index contributed by atoms with van der Waals surface area (Å²) in [7, 11) is 0. The molecule has 0 spiro atoms. The molecule has 0 bridgehead atoms. The number of benzene rings is 2. The number of hydrogen-bond donors (Lipinski definition) is 1. The van der Waals surface area contributed by atoms with Crippen molar-refractivity contribution < 1.29 is 13.6 Å². The minimum Gasteiger partial charge on any atom is -0.375 e. The summed E-state index contributed by atoms with van der Waals surface area (Å²) < 4.78 is 27.7. The molecule has 4 rings (SSSR count). The third-order valence-corrected chi connectivity index (χ3v) is 5.83. The van der Waals surface area contributed by atoms with Gasteiger partial charge in [-0.05, 0) is 29.5 Å².